The summed E-state index contributed by atoms with van der Waals surface area (Å²) in [4.78, 5) is 13.2. The quantitative estimate of drug-likeness (QED) is 0.932. The van der Waals surface area contributed by atoms with Gasteiger partial charge in [0.1, 0.15) is 0 Å². The van der Waals surface area contributed by atoms with Crippen molar-refractivity contribution < 1.29 is 9.90 Å². The predicted molar refractivity (Wildman–Crippen MR) is 74.5 cm³/mol. The first-order valence-electron chi connectivity index (χ1n) is 6.26. The number of benzene rings is 1. The van der Waals surface area contributed by atoms with Crippen LogP contribution in [0.4, 0.5) is 0 Å². The molecular formula is C14H18BrNO2. The lowest BCUT2D eigenvalue weighted by Crippen LogP contribution is -2.35. The molecule has 1 aromatic rings. The molecule has 1 aliphatic rings. The predicted octanol–water partition coefficient (Wildman–Crippen LogP) is 3.05. The second-order valence-corrected chi connectivity index (χ2v) is 5.83. The first kappa shape index (κ1) is 13.6. The molecule has 1 aromatic carbocycles. The van der Waals surface area contributed by atoms with Crippen LogP contribution in [-0.4, -0.2) is 29.1 Å². The van der Waals surface area contributed by atoms with Crippen LogP contribution in [0.15, 0.2) is 22.7 Å². The van der Waals surface area contributed by atoms with Gasteiger partial charge in [-0.05, 0) is 50.0 Å². The zero-order valence-corrected chi connectivity index (χ0v) is 12.1. The van der Waals surface area contributed by atoms with Crippen molar-refractivity contribution >= 4 is 21.9 Å². The average Bonchev–Trinajstić information content (AvgIpc) is 2.34. The zero-order chi connectivity index (χ0) is 13.1. The largest absolute Gasteiger partial charge is 0.481 e. The minimum absolute atomic E-state index is 0.145. The Morgan fingerprint density at radius 2 is 2.11 bits per heavy atom. The third kappa shape index (κ3) is 3.33. The minimum atomic E-state index is -0.644. The van der Waals surface area contributed by atoms with Gasteiger partial charge in [-0.3, -0.25) is 9.69 Å². The van der Waals surface area contributed by atoms with E-state index in [1.807, 2.05) is 0 Å². The first-order chi connectivity index (χ1) is 8.56. The Balaban J connectivity index is 1.91. The number of piperidine rings is 1. The van der Waals surface area contributed by atoms with E-state index in [0.717, 1.165) is 36.9 Å². The van der Waals surface area contributed by atoms with Crippen molar-refractivity contribution in [3.63, 3.8) is 0 Å². The van der Waals surface area contributed by atoms with E-state index < -0.39 is 5.97 Å². The number of aliphatic carboxylic acids is 1. The summed E-state index contributed by atoms with van der Waals surface area (Å²) in [5.74, 6) is -0.790. The summed E-state index contributed by atoms with van der Waals surface area (Å²) in [5, 5.41) is 8.96. The van der Waals surface area contributed by atoms with E-state index in [1.165, 1.54) is 11.1 Å². The van der Waals surface area contributed by atoms with Crippen molar-refractivity contribution in [1.29, 1.82) is 0 Å². The van der Waals surface area contributed by atoms with Crippen molar-refractivity contribution in [2.45, 2.75) is 26.3 Å². The van der Waals surface area contributed by atoms with E-state index in [1.54, 1.807) is 0 Å². The fraction of sp³-hybridized carbons (Fsp3) is 0.500. The van der Waals surface area contributed by atoms with Crippen molar-refractivity contribution in [3.05, 3.63) is 33.8 Å². The Morgan fingerprint density at radius 3 is 2.67 bits per heavy atom. The molecular weight excluding hydrogens is 294 g/mol. The van der Waals surface area contributed by atoms with E-state index >= 15 is 0 Å². The maximum Gasteiger partial charge on any atom is 0.306 e. The minimum Gasteiger partial charge on any atom is -0.481 e. The Bertz CT molecular complexity index is 439. The van der Waals surface area contributed by atoms with Gasteiger partial charge in [-0.15, -0.1) is 0 Å². The lowest BCUT2D eigenvalue weighted by atomic mass is 9.97. The molecule has 0 unspecified atom stereocenters. The number of likely N-dealkylation sites (tertiary alicyclic amines) is 1. The second kappa shape index (κ2) is 5.85. The molecule has 98 valence electrons. The summed E-state index contributed by atoms with van der Waals surface area (Å²) in [6.07, 6.45) is 1.54. The summed E-state index contributed by atoms with van der Waals surface area (Å²) >= 11 is 3.50. The van der Waals surface area contributed by atoms with Crippen LogP contribution < -0.4 is 0 Å². The fourth-order valence-corrected chi connectivity index (χ4v) is 2.65. The van der Waals surface area contributed by atoms with Gasteiger partial charge < -0.3 is 5.11 Å². The third-order valence-corrected chi connectivity index (χ3v) is 4.46. The number of carbonyl (C=O) groups is 1. The SMILES string of the molecule is Cc1cc(CN2CCC(C(=O)O)CC2)ccc1Br. The lowest BCUT2D eigenvalue weighted by molar-refractivity contribution is -0.143. The Labute approximate surface area is 116 Å². The normalized spacial score (nSPS) is 17.9. The number of rotatable bonds is 3. The third-order valence-electron chi connectivity index (χ3n) is 3.57. The Kier molecular flexibility index (Phi) is 4.40. The van der Waals surface area contributed by atoms with Crippen LogP contribution in [0, 0.1) is 12.8 Å². The molecule has 1 saturated heterocycles. The van der Waals surface area contributed by atoms with Crippen molar-refractivity contribution in [1.82, 2.24) is 4.90 Å². The highest BCUT2D eigenvalue weighted by molar-refractivity contribution is 9.10. The maximum absolute atomic E-state index is 10.9. The van der Waals surface area contributed by atoms with Crippen molar-refractivity contribution in [2.24, 2.45) is 5.92 Å². The molecule has 0 radical (unpaired) electrons. The summed E-state index contributed by atoms with van der Waals surface area (Å²) in [6.45, 7) is 4.77. The lowest BCUT2D eigenvalue weighted by Gasteiger charge is -2.30. The van der Waals surface area contributed by atoms with Crippen molar-refractivity contribution in [2.75, 3.05) is 13.1 Å². The maximum atomic E-state index is 10.9. The van der Waals surface area contributed by atoms with Crippen LogP contribution in [0.2, 0.25) is 0 Å². The number of aryl methyl sites for hydroxylation is 1. The summed E-state index contributed by atoms with van der Waals surface area (Å²) < 4.78 is 1.14. The van der Waals surface area contributed by atoms with Gasteiger partial charge in [0.05, 0.1) is 5.92 Å². The molecule has 0 atom stereocenters. The molecule has 0 aromatic heterocycles. The number of nitrogens with zero attached hydrogens (tertiary/aromatic N) is 1. The number of hydrogen-bond acceptors (Lipinski definition) is 2. The summed E-state index contributed by atoms with van der Waals surface area (Å²) in [5.41, 5.74) is 2.54. The standard InChI is InChI=1S/C14H18BrNO2/c1-10-8-11(2-3-13(10)15)9-16-6-4-12(5-7-16)14(17)18/h2-3,8,12H,4-7,9H2,1H3,(H,17,18). The number of hydrogen-bond donors (Lipinski definition) is 1. The van der Waals surface area contributed by atoms with Crippen LogP contribution >= 0.6 is 15.9 Å². The topological polar surface area (TPSA) is 40.5 Å². The first-order valence-corrected chi connectivity index (χ1v) is 7.06. The van der Waals surface area contributed by atoms with Crippen molar-refractivity contribution in [3.8, 4) is 0 Å². The molecule has 0 bridgehead atoms. The summed E-state index contributed by atoms with van der Waals surface area (Å²) in [7, 11) is 0. The molecule has 1 fully saturated rings. The molecule has 0 saturated carbocycles. The van der Waals surface area contributed by atoms with Gasteiger partial charge in [0.2, 0.25) is 0 Å². The molecule has 0 aliphatic carbocycles. The smallest absolute Gasteiger partial charge is 0.306 e. The highest BCUT2D eigenvalue weighted by Gasteiger charge is 2.24. The van der Waals surface area contributed by atoms with Crippen LogP contribution in [0.25, 0.3) is 0 Å². The fourth-order valence-electron chi connectivity index (χ4n) is 2.40. The molecule has 18 heavy (non-hydrogen) atoms. The Morgan fingerprint density at radius 1 is 1.44 bits per heavy atom. The summed E-state index contributed by atoms with van der Waals surface area (Å²) in [6, 6.07) is 6.39. The molecule has 4 heteroatoms. The van der Waals surface area contributed by atoms with Crippen LogP contribution in [0.5, 0.6) is 0 Å². The van der Waals surface area contributed by atoms with E-state index in [2.05, 4.69) is 46.0 Å². The van der Waals surface area contributed by atoms with E-state index in [4.69, 9.17) is 5.11 Å². The number of carboxylic acids is 1. The van der Waals surface area contributed by atoms with Gasteiger partial charge in [0, 0.05) is 11.0 Å². The van der Waals surface area contributed by atoms with Crippen LogP contribution in [0.1, 0.15) is 24.0 Å². The number of carboxylic acid groups (broad SMARTS) is 1. The molecule has 1 heterocycles. The van der Waals surface area contributed by atoms with E-state index in [0.29, 0.717) is 0 Å². The zero-order valence-electron chi connectivity index (χ0n) is 10.5. The van der Waals surface area contributed by atoms with Gasteiger partial charge in [0.15, 0.2) is 0 Å². The number of halogens is 1. The molecule has 1 aliphatic heterocycles. The van der Waals surface area contributed by atoms with Gasteiger partial charge in [0.25, 0.3) is 0 Å². The molecule has 3 nitrogen and oxygen atoms in total. The molecule has 0 spiro atoms. The van der Waals surface area contributed by atoms with Crippen LogP contribution in [-0.2, 0) is 11.3 Å². The highest BCUT2D eigenvalue weighted by atomic mass is 79.9. The molecule has 2 rings (SSSR count). The Hall–Kier alpha value is -0.870. The molecule has 0 amide bonds. The van der Waals surface area contributed by atoms with Gasteiger partial charge >= 0.3 is 5.97 Å². The van der Waals surface area contributed by atoms with E-state index in [9.17, 15) is 4.79 Å². The van der Waals surface area contributed by atoms with Gasteiger partial charge in [-0.2, -0.15) is 0 Å². The van der Waals surface area contributed by atoms with Crippen LogP contribution in [0.3, 0.4) is 0 Å². The highest BCUT2D eigenvalue weighted by Crippen LogP contribution is 2.21. The molecule has 1 N–H and O–H groups in total. The average molecular weight is 312 g/mol. The van der Waals surface area contributed by atoms with E-state index in [-0.39, 0.29) is 5.92 Å². The van der Waals surface area contributed by atoms with Gasteiger partial charge in [-0.25, -0.2) is 0 Å². The second-order valence-electron chi connectivity index (χ2n) is 4.97. The monoisotopic (exact) mass is 311 g/mol. The van der Waals surface area contributed by atoms with Gasteiger partial charge in [-0.1, -0.05) is 28.1 Å².